The number of amides is 4. The van der Waals surface area contributed by atoms with Crippen LogP contribution in [-0.2, 0) is 27.3 Å². The van der Waals surface area contributed by atoms with E-state index in [0.717, 1.165) is 5.56 Å². The van der Waals surface area contributed by atoms with Crippen molar-refractivity contribution in [2.45, 2.75) is 31.6 Å². The van der Waals surface area contributed by atoms with Crippen LogP contribution in [0.2, 0.25) is 0 Å². The van der Waals surface area contributed by atoms with Crippen molar-refractivity contribution in [3.05, 3.63) is 59.4 Å². The number of rotatable bonds is 9. The predicted molar refractivity (Wildman–Crippen MR) is 140 cm³/mol. The summed E-state index contributed by atoms with van der Waals surface area (Å²) >= 11 is 0. The lowest BCUT2D eigenvalue weighted by atomic mass is 10.0. The van der Waals surface area contributed by atoms with Gasteiger partial charge in [-0.2, -0.15) is 0 Å². The Bertz CT molecular complexity index is 1270. The Morgan fingerprint density at radius 3 is 2.38 bits per heavy atom. The zero-order chi connectivity index (χ0) is 29.0. The molecule has 0 radical (unpaired) electrons. The lowest BCUT2D eigenvalue weighted by molar-refractivity contribution is -0.188. The van der Waals surface area contributed by atoms with Crippen molar-refractivity contribution < 1.29 is 38.1 Å². The number of hydrazine groups is 1. The summed E-state index contributed by atoms with van der Waals surface area (Å²) in [5, 5.41) is 15.1. The number of fused-ring (bicyclic) bond motifs is 1. The van der Waals surface area contributed by atoms with Gasteiger partial charge < -0.3 is 29.7 Å². The molecule has 4 rings (SSSR count). The molecule has 2 saturated heterocycles. The fourth-order valence-electron chi connectivity index (χ4n) is 5.03. The summed E-state index contributed by atoms with van der Waals surface area (Å²) in [4.78, 5) is 54.3. The van der Waals surface area contributed by atoms with E-state index < -0.39 is 48.3 Å². The number of benzene rings is 2. The van der Waals surface area contributed by atoms with Gasteiger partial charge in [-0.25, -0.2) is 19.2 Å². The third-order valence-electron chi connectivity index (χ3n) is 6.99. The van der Waals surface area contributed by atoms with E-state index in [1.807, 2.05) is 6.07 Å². The Labute approximate surface area is 230 Å². The Kier molecular flexibility index (Phi) is 8.73. The maximum Gasteiger partial charge on any atom is 0.334 e. The third-order valence-corrected chi connectivity index (χ3v) is 6.99. The molecule has 2 aliphatic heterocycles. The highest BCUT2D eigenvalue weighted by molar-refractivity contribution is 5.93. The van der Waals surface area contributed by atoms with Crippen molar-refractivity contribution in [3.63, 3.8) is 0 Å². The van der Waals surface area contributed by atoms with Crippen LogP contribution in [0.1, 0.15) is 17.5 Å². The van der Waals surface area contributed by atoms with Crippen molar-refractivity contribution in [2.24, 2.45) is 0 Å². The third kappa shape index (κ3) is 6.09. The number of piperazine rings is 1. The molecule has 0 spiro atoms. The molecule has 4 amide bonds. The van der Waals surface area contributed by atoms with E-state index in [-0.39, 0.29) is 26.2 Å². The monoisotopic (exact) mass is 557 g/mol. The topological polar surface area (TPSA) is 132 Å². The number of hydrogen-bond acceptors (Lipinski definition) is 7. The molecule has 214 valence electrons. The Hall–Kier alpha value is -4.39. The molecule has 2 atom stereocenters. The summed E-state index contributed by atoms with van der Waals surface area (Å²) < 4.78 is 23.9. The molecule has 2 heterocycles. The van der Waals surface area contributed by atoms with Gasteiger partial charge in [0, 0.05) is 20.1 Å². The molecule has 2 aliphatic rings. The standard InChI is InChI=1S/C27H32FN5O7/c1-30-16-24(34)32-20(13-25(35)36)26(37)31(11-10-17-6-9-21(39-2)22(12-17)40-3)15-23(32)33(30)27(38)29-14-18-4-7-19(28)8-5-18/h4-9,12,20,23H,10-11,13-16H2,1-3H3,(H,29,38)(H,35,36)/t20-,23-/m0/s1. The number of nitrogens with one attached hydrogen (secondary N) is 1. The maximum absolute atomic E-state index is 13.5. The first-order valence-electron chi connectivity index (χ1n) is 12.7. The first-order chi connectivity index (χ1) is 19.1. The van der Waals surface area contributed by atoms with Crippen LogP contribution in [0.3, 0.4) is 0 Å². The van der Waals surface area contributed by atoms with Crippen LogP contribution in [-0.4, -0.2) is 102 Å². The summed E-state index contributed by atoms with van der Waals surface area (Å²) in [6.07, 6.45) is -1.10. The van der Waals surface area contributed by atoms with E-state index in [4.69, 9.17) is 9.47 Å². The lowest BCUT2D eigenvalue weighted by Gasteiger charge is -2.54. The van der Waals surface area contributed by atoms with Crippen LogP contribution in [0, 0.1) is 5.82 Å². The number of hydrogen-bond donors (Lipinski definition) is 2. The van der Waals surface area contributed by atoms with Gasteiger partial charge in [0.15, 0.2) is 11.5 Å². The SMILES string of the molecule is COc1ccc(CCN2C[C@H]3N(C(=O)CN(C)N3C(=O)NCc3ccc(F)cc3)[C@@H](CC(=O)O)C2=O)cc1OC. The number of carbonyl (C=O) groups excluding carboxylic acids is 3. The largest absolute Gasteiger partial charge is 0.493 e. The number of likely N-dealkylation sites (N-methyl/N-ethyl adjacent to an activating group) is 1. The minimum atomic E-state index is -1.27. The van der Waals surface area contributed by atoms with Crippen LogP contribution >= 0.6 is 0 Å². The number of nitrogens with zero attached hydrogens (tertiary/aromatic N) is 4. The number of carboxylic acid groups (broad SMARTS) is 1. The van der Waals surface area contributed by atoms with Gasteiger partial charge in [0.05, 0.1) is 33.7 Å². The number of ether oxygens (including phenoxy) is 2. The van der Waals surface area contributed by atoms with Gasteiger partial charge in [-0.15, -0.1) is 0 Å². The minimum absolute atomic E-state index is 0.0116. The molecule has 0 aliphatic carbocycles. The average Bonchev–Trinajstić information content (AvgIpc) is 2.92. The molecule has 2 N–H and O–H groups in total. The van der Waals surface area contributed by atoms with E-state index in [1.165, 1.54) is 46.2 Å². The molecule has 0 unspecified atom stereocenters. The summed E-state index contributed by atoms with van der Waals surface area (Å²) in [6, 6.07) is 9.23. The van der Waals surface area contributed by atoms with Gasteiger partial charge >= 0.3 is 12.0 Å². The second-order valence-electron chi connectivity index (χ2n) is 9.56. The number of carbonyl (C=O) groups is 4. The van der Waals surface area contributed by atoms with Gasteiger partial charge in [-0.1, -0.05) is 18.2 Å². The Balaban J connectivity index is 1.56. The predicted octanol–water partition coefficient (Wildman–Crippen LogP) is 1.30. The highest BCUT2D eigenvalue weighted by Gasteiger charge is 2.51. The summed E-state index contributed by atoms with van der Waals surface area (Å²) in [5.41, 5.74) is 1.52. The van der Waals surface area contributed by atoms with Crippen LogP contribution in [0.25, 0.3) is 0 Å². The highest BCUT2D eigenvalue weighted by atomic mass is 19.1. The zero-order valence-corrected chi connectivity index (χ0v) is 22.5. The number of halogens is 1. The van der Waals surface area contributed by atoms with E-state index in [2.05, 4.69) is 5.32 Å². The van der Waals surface area contributed by atoms with E-state index in [0.29, 0.717) is 23.5 Å². The van der Waals surface area contributed by atoms with Gasteiger partial charge in [0.1, 0.15) is 18.0 Å². The molecule has 2 aromatic carbocycles. The van der Waals surface area contributed by atoms with Gasteiger partial charge in [-0.05, 0) is 41.8 Å². The second-order valence-corrected chi connectivity index (χ2v) is 9.56. The first-order valence-corrected chi connectivity index (χ1v) is 12.7. The molecule has 2 aromatic rings. The van der Waals surface area contributed by atoms with Crippen molar-refractivity contribution in [1.82, 2.24) is 25.1 Å². The number of carboxylic acids is 1. The Morgan fingerprint density at radius 2 is 1.73 bits per heavy atom. The molecule has 0 saturated carbocycles. The lowest BCUT2D eigenvalue weighted by Crippen LogP contribution is -2.76. The highest BCUT2D eigenvalue weighted by Crippen LogP contribution is 2.30. The van der Waals surface area contributed by atoms with Crippen LogP contribution < -0.4 is 14.8 Å². The van der Waals surface area contributed by atoms with Gasteiger partial charge in [0.2, 0.25) is 11.8 Å². The average molecular weight is 558 g/mol. The van der Waals surface area contributed by atoms with Crippen molar-refractivity contribution >= 4 is 23.8 Å². The first kappa shape index (κ1) is 28.6. The van der Waals surface area contributed by atoms with E-state index in [9.17, 15) is 28.7 Å². The number of aliphatic carboxylic acids is 1. The maximum atomic E-state index is 13.5. The fraction of sp³-hybridized carbons (Fsp3) is 0.407. The summed E-state index contributed by atoms with van der Waals surface area (Å²) in [6.45, 7) is 0.0974. The van der Waals surface area contributed by atoms with Crippen LogP contribution in [0.15, 0.2) is 42.5 Å². The smallest absolute Gasteiger partial charge is 0.334 e. The quantitative estimate of drug-likeness (QED) is 0.472. The van der Waals surface area contributed by atoms with Crippen molar-refractivity contribution in [3.8, 4) is 11.5 Å². The van der Waals surface area contributed by atoms with Crippen molar-refractivity contribution in [1.29, 1.82) is 0 Å². The molecule has 40 heavy (non-hydrogen) atoms. The molecule has 2 fully saturated rings. The normalized spacial score (nSPS) is 19.4. The summed E-state index contributed by atoms with van der Waals surface area (Å²) in [7, 11) is 4.62. The molecule has 0 aromatic heterocycles. The number of urea groups is 1. The number of methoxy groups -OCH3 is 2. The fourth-order valence-corrected chi connectivity index (χ4v) is 5.03. The molecular formula is C27H32FN5O7. The zero-order valence-electron chi connectivity index (χ0n) is 22.5. The second kappa shape index (κ2) is 12.2. The van der Waals surface area contributed by atoms with Crippen LogP contribution in [0.4, 0.5) is 9.18 Å². The molecule has 13 heteroatoms. The summed E-state index contributed by atoms with van der Waals surface area (Å²) in [5.74, 6) is -1.49. The van der Waals surface area contributed by atoms with Crippen LogP contribution in [0.5, 0.6) is 11.5 Å². The Morgan fingerprint density at radius 1 is 1.05 bits per heavy atom. The van der Waals surface area contributed by atoms with E-state index >= 15 is 0 Å². The van der Waals surface area contributed by atoms with Gasteiger partial charge in [-0.3, -0.25) is 14.4 Å². The van der Waals surface area contributed by atoms with E-state index in [1.54, 1.807) is 31.3 Å². The van der Waals surface area contributed by atoms with Gasteiger partial charge in [0.25, 0.3) is 0 Å². The molecular weight excluding hydrogens is 525 g/mol. The molecule has 12 nitrogen and oxygen atoms in total. The molecule has 0 bridgehead atoms. The minimum Gasteiger partial charge on any atom is -0.493 e. The van der Waals surface area contributed by atoms with Crippen molar-refractivity contribution in [2.75, 3.05) is 40.9 Å².